The molecule has 0 fully saturated rings. The number of aromatic amines is 1. The van der Waals surface area contributed by atoms with Gasteiger partial charge >= 0.3 is 0 Å². The lowest BCUT2D eigenvalue weighted by molar-refractivity contribution is 0.936. The molecule has 0 aliphatic heterocycles. The minimum Gasteiger partial charge on any atom is -0.358 e. The molecule has 15 heavy (non-hydrogen) atoms. The Balaban J connectivity index is 2.63. The second kappa shape index (κ2) is 4.37. The summed E-state index contributed by atoms with van der Waals surface area (Å²) in [5.74, 6) is 0. The van der Waals surface area contributed by atoms with Crippen molar-refractivity contribution in [3.8, 4) is 0 Å². The van der Waals surface area contributed by atoms with E-state index in [2.05, 4.69) is 46.0 Å². The van der Waals surface area contributed by atoms with E-state index in [1.807, 2.05) is 0 Å². The number of nitrogens with two attached hydrogens (primary N) is 1. The molecule has 3 heteroatoms. The first-order chi connectivity index (χ1) is 7.26. The molecular formula is C12H15BrN2. The third kappa shape index (κ3) is 1.94. The van der Waals surface area contributed by atoms with Gasteiger partial charge in [0.2, 0.25) is 0 Å². The molecule has 0 saturated carbocycles. The predicted molar refractivity (Wildman–Crippen MR) is 68.1 cm³/mol. The van der Waals surface area contributed by atoms with Crippen LogP contribution in [0.3, 0.4) is 0 Å². The van der Waals surface area contributed by atoms with Crippen LogP contribution < -0.4 is 5.73 Å². The van der Waals surface area contributed by atoms with Crippen LogP contribution in [0.5, 0.6) is 0 Å². The van der Waals surface area contributed by atoms with Crippen LogP contribution in [-0.4, -0.2) is 11.5 Å². The number of aryl methyl sites for hydroxylation is 1. The Morgan fingerprint density at radius 1 is 1.40 bits per heavy atom. The van der Waals surface area contributed by atoms with Crippen LogP contribution in [0.2, 0.25) is 0 Å². The molecule has 0 aliphatic rings. The highest BCUT2D eigenvalue weighted by atomic mass is 79.9. The zero-order chi connectivity index (χ0) is 10.8. The Morgan fingerprint density at radius 3 is 2.87 bits per heavy atom. The lowest BCUT2D eigenvalue weighted by atomic mass is 10.1. The van der Waals surface area contributed by atoms with Crippen molar-refractivity contribution in [1.82, 2.24) is 4.98 Å². The monoisotopic (exact) mass is 266 g/mol. The minimum atomic E-state index is 0.704. The van der Waals surface area contributed by atoms with E-state index in [9.17, 15) is 0 Å². The summed E-state index contributed by atoms with van der Waals surface area (Å²) in [7, 11) is 0. The maximum absolute atomic E-state index is 5.64. The first-order valence-corrected chi connectivity index (χ1v) is 6.04. The van der Waals surface area contributed by atoms with Crippen LogP contribution in [0.25, 0.3) is 10.9 Å². The van der Waals surface area contributed by atoms with Crippen molar-refractivity contribution in [2.75, 3.05) is 6.54 Å². The maximum atomic E-state index is 5.64. The molecule has 0 amide bonds. The molecule has 1 aromatic carbocycles. The smallest absolute Gasteiger partial charge is 0.0470 e. The number of hydrogen-bond acceptors (Lipinski definition) is 1. The van der Waals surface area contributed by atoms with Gasteiger partial charge in [-0.2, -0.15) is 0 Å². The van der Waals surface area contributed by atoms with Gasteiger partial charge in [-0.05, 0) is 37.1 Å². The van der Waals surface area contributed by atoms with Crippen LogP contribution in [0.1, 0.15) is 18.2 Å². The molecule has 2 rings (SSSR count). The summed E-state index contributed by atoms with van der Waals surface area (Å²) < 4.78 is 1.11. The zero-order valence-electron chi connectivity index (χ0n) is 8.81. The van der Waals surface area contributed by atoms with Crippen molar-refractivity contribution in [1.29, 1.82) is 0 Å². The summed E-state index contributed by atoms with van der Waals surface area (Å²) in [6, 6.07) is 6.35. The average Bonchev–Trinajstić information content (AvgIpc) is 2.56. The number of halogens is 1. The number of aromatic nitrogens is 1. The number of rotatable bonds is 3. The third-order valence-corrected chi connectivity index (χ3v) is 3.20. The molecule has 1 heterocycles. The van der Waals surface area contributed by atoms with Crippen molar-refractivity contribution in [2.24, 2.45) is 5.73 Å². The number of hydrogen-bond donors (Lipinski definition) is 2. The van der Waals surface area contributed by atoms with Gasteiger partial charge in [0.05, 0.1) is 0 Å². The van der Waals surface area contributed by atoms with Gasteiger partial charge in [-0.15, -0.1) is 0 Å². The molecule has 2 nitrogen and oxygen atoms in total. The summed E-state index contributed by atoms with van der Waals surface area (Å²) >= 11 is 3.48. The highest BCUT2D eigenvalue weighted by molar-refractivity contribution is 9.10. The summed E-state index contributed by atoms with van der Waals surface area (Å²) in [5, 5.41) is 1.31. The minimum absolute atomic E-state index is 0.704. The van der Waals surface area contributed by atoms with E-state index in [1.165, 1.54) is 22.2 Å². The van der Waals surface area contributed by atoms with E-state index >= 15 is 0 Å². The van der Waals surface area contributed by atoms with Crippen molar-refractivity contribution in [3.63, 3.8) is 0 Å². The SMILES string of the molecule is CCc1[nH]c2cc(Br)ccc2c1CCN. The Hall–Kier alpha value is -0.800. The fourth-order valence-electron chi connectivity index (χ4n) is 2.02. The van der Waals surface area contributed by atoms with E-state index in [0.29, 0.717) is 6.54 Å². The van der Waals surface area contributed by atoms with E-state index in [0.717, 1.165) is 17.3 Å². The Labute approximate surface area is 98.0 Å². The van der Waals surface area contributed by atoms with Gasteiger partial charge in [0.1, 0.15) is 0 Å². The third-order valence-electron chi connectivity index (χ3n) is 2.70. The van der Waals surface area contributed by atoms with Crippen LogP contribution in [0, 0.1) is 0 Å². The van der Waals surface area contributed by atoms with Crippen molar-refractivity contribution in [3.05, 3.63) is 33.9 Å². The van der Waals surface area contributed by atoms with E-state index in [1.54, 1.807) is 0 Å². The predicted octanol–water partition coefficient (Wildman–Crippen LogP) is 2.99. The summed E-state index contributed by atoms with van der Waals surface area (Å²) in [4.78, 5) is 3.45. The summed E-state index contributed by atoms with van der Waals surface area (Å²) in [6.45, 7) is 2.87. The van der Waals surface area contributed by atoms with Gasteiger partial charge in [-0.25, -0.2) is 0 Å². The summed E-state index contributed by atoms with van der Waals surface area (Å²) in [6.07, 6.45) is 1.98. The van der Waals surface area contributed by atoms with Gasteiger partial charge in [0.15, 0.2) is 0 Å². The number of fused-ring (bicyclic) bond motifs is 1. The van der Waals surface area contributed by atoms with E-state index in [4.69, 9.17) is 5.73 Å². The van der Waals surface area contributed by atoms with Crippen LogP contribution in [0.15, 0.2) is 22.7 Å². The Morgan fingerprint density at radius 2 is 2.20 bits per heavy atom. The number of nitrogens with one attached hydrogen (secondary N) is 1. The van der Waals surface area contributed by atoms with Crippen molar-refractivity contribution < 1.29 is 0 Å². The standard InChI is InChI=1S/C12H15BrN2/c1-2-11-10(5-6-14)9-4-3-8(13)7-12(9)15-11/h3-4,7,15H,2,5-6,14H2,1H3. The van der Waals surface area contributed by atoms with Gasteiger partial charge in [0, 0.05) is 21.1 Å². The molecule has 0 spiro atoms. The second-order valence-electron chi connectivity index (χ2n) is 3.66. The van der Waals surface area contributed by atoms with E-state index < -0.39 is 0 Å². The molecule has 0 bridgehead atoms. The normalized spacial score (nSPS) is 11.1. The lowest BCUT2D eigenvalue weighted by Gasteiger charge is -1.99. The molecule has 0 unspecified atom stereocenters. The average molecular weight is 267 g/mol. The Kier molecular flexibility index (Phi) is 3.12. The van der Waals surface area contributed by atoms with Crippen LogP contribution in [-0.2, 0) is 12.8 Å². The van der Waals surface area contributed by atoms with Gasteiger partial charge in [0.25, 0.3) is 0 Å². The molecule has 0 saturated heterocycles. The zero-order valence-corrected chi connectivity index (χ0v) is 10.4. The maximum Gasteiger partial charge on any atom is 0.0470 e. The lowest BCUT2D eigenvalue weighted by Crippen LogP contribution is -2.04. The quantitative estimate of drug-likeness (QED) is 0.881. The largest absolute Gasteiger partial charge is 0.358 e. The summed E-state index contributed by atoms with van der Waals surface area (Å²) in [5.41, 5.74) is 9.53. The molecular weight excluding hydrogens is 252 g/mol. The molecule has 0 radical (unpaired) electrons. The van der Waals surface area contributed by atoms with E-state index in [-0.39, 0.29) is 0 Å². The first-order valence-electron chi connectivity index (χ1n) is 5.25. The number of H-pyrrole nitrogens is 1. The number of benzene rings is 1. The highest BCUT2D eigenvalue weighted by Gasteiger charge is 2.09. The molecule has 3 N–H and O–H groups in total. The Bertz CT molecular complexity index is 474. The van der Waals surface area contributed by atoms with Crippen LogP contribution in [0.4, 0.5) is 0 Å². The molecule has 80 valence electrons. The van der Waals surface area contributed by atoms with Crippen molar-refractivity contribution in [2.45, 2.75) is 19.8 Å². The second-order valence-corrected chi connectivity index (χ2v) is 4.58. The molecule has 0 atom stereocenters. The van der Waals surface area contributed by atoms with Gasteiger partial charge < -0.3 is 10.7 Å². The topological polar surface area (TPSA) is 41.8 Å². The first kappa shape index (κ1) is 10.7. The highest BCUT2D eigenvalue weighted by Crippen LogP contribution is 2.26. The van der Waals surface area contributed by atoms with Crippen molar-refractivity contribution >= 4 is 26.8 Å². The molecule has 0 aliphatic carbocycles. The fourth-order valence-corrected chi connectivity index (χ4v) is 2.38. The fraction of sp³-hybridized carbons (Fsp3) is 0.333. The molecule has 1 aromatic heterocycles. The molecule has 2 aromatic rings. The van der Waals surface area contributed by atoms with Crippen LogP contribution >= 0.6 is 15.9 Å². The van der Waals surface area contributed by atoms with Gasteiger partial charge in [-0.1, -0.05) is 28.9 Å². The van der Waals surface area contributed by atoms with Gasteiger partial charge in [-0.3, -0.25) is 0 Å².